The second-order valence-electron chi connectivity index (χ2n) is 5.39. The first kappa shape index (κ1) is 19.3. The molecule has 1 heterocycles. The molecule has 1 atom stereocenters. The smallest absolute Gasteiger partial charge is 0.359 e. The number of rotatable bonds is 6. The molecule has 0 aliphatic carbocycles. The number of carbonyl (C=O) groups is 1. The van der Waals surface area contributed by atoms with E-state index in [4.69, 9.17) is 0 Å². The molecule has 0 radical (unpaired) electrons. The van der Waals surface area contributed by atoms with Gasteiger partial charge in [0.05, 0.1) is 5.69 Å². The average Bonchev–Trinajstić information content (AvgIpc) is 2.86. The van der Waals surface area contributed by atoms with E-state index in [-0.39, 0.29) is 10.9 Å². The fourth-order valence-corrected chi connectivity index (χ4v) is 2.94. The van der Waals surface area contributed by atoms with Crippen LogP contribution in [0.5, 0.6) is 0 Å². The maximum absolute atomic E-state index is 12.9. The molecule has 0 aliphatic heterocycles. The number of hydrogen-bond donors (Lipinski definition) is 1. The van der Waals surface area contributed by atoms with Gasteiger partial charge in [0.1, 0.15) is 18.5 Å². The van der Waals surface area contributed by atoms with Crippen LogP contribution in [0.4, 0.5) is 22.7 Å². The Hall–Kier alpha value is -2.00. The number of carbonyl (C=O) groups excluding carboxylic acids is 1. The molecule has 0 saturated heterocycles. The summed E-state index contributed by atoms with van der Waals surface area (Å²) in [6.45, 7) is 1.50. The minimum Gasteiger partial charge on any atom is -0.359 e. The molecule has 0 saturated carbocycles. The van der Waals surface area contributed by atoms with Gasteiger partial charge < -0.3 is 4.74 Å². The van der Waals surface area contributed by atoms with Gasteiger partial charge in [-0.1, -0.05) is 12.1 Å². The third-order valence-corrected chi connectivity index (χ3v) is 4.34. The summed E-state index contributed by atoms with van der Waals surface area (Å²) in [5, 5.41) is 2.73. The SMILES string of the molecule is Cc1nc(NC(=O)[C@@H](C)OCC(F)(F)F)sc1Cc1ccc(F)cc1. The number of alkyl halides is 3. The van der Waals surface area contributed by atoms with Crippen LogP contribution < -0.4 is 5.32 Å². The Balaban J connectivity index is 1.97. The van der Waals surface area contributed by atoms with Gasteiger partial charge in [0.15, 0.2) is 5.13 Å². The maximum Gasteiger partial charge on any atom is 0.411 e. The molecule has 2 rings (SSSR count). The number of nitrogens with zero attached hydrogens (tertiary/aromatic N) is 1. The Morgan fingerprint density at radius 3 is 2.56 bits per heavy atom. The molecule has 9 heteroatoms. The Bertz CT molecular complexity index is 729. The number of aryl methyl sites for hydroxylation is 1. The molecule has 0 unspecified atom stereocenters. The Morgan fingerprint density at radius 1 is 1.32 bits per heavy atom. The highest BCUT2D eigenvalue weighted by molar-refractivity contribution is 7.15. The molecular formula is C16H16F4N2O2S. The van der Waals surface area contributed by atoms with Crippen LogP contribution in [-0.2, 0) is 16.0 Å². The quantitative estimate of drug-likeness (QED) is 0.773. The van der Waals surface area contributed by atoms with Gasteiger partial charge in [-0.25, -0.2) is 9.37 Å². The number of halogens is 4. The first-order valence-corrected chi connectivity index (χ1v) is 8.15. The molecular weight excluding hydrogens is 360 g/mol. The van der Waals surface area contributed by atoms with E-state index in [0.717, 1.165) is 10.4 Å². The second-order valence-corrected chi connectivity index (χ2v) is 6.47. The molecule has 1 aromatic carbocycles. The number of amides is 1. The van der Waals surface area contributed by atoms with Crippen molar-refractivity contribution in [2.75, 3.05) is 11.9 Å². The fourth-order valence-electron chi connectivity index (χ4n) is 1.94. The predicted octanol–water partition coefficient (Wildman–Crippen LogP) is 4.09. The number of nitrogens with one attached hydrogen (secondary N) is 1. The molecule has 0 spiro atoms. The first-order chi connectivity index (χ1) is 11.6. The zero-order chi connectivity index (χ0) is 18.6. The number of aromatic nitrogens is 1. The first-order valence-electron chi connectivity index (χ1n) is 7.34. The third kappa shape index (κ3) is 6.09. The number of anilines is 1. The molecule has 0 bridgehead atoms. The molecule has 25 heavy (non-hydrogen) atoms. The summed E-state index contributed by atoms with van der Waals surface area (Å²) >= 11 is 1.21. The lowest BCUT2D eigenvalue weighted by molar-refractivity contribution is -0.184. The van der Waals surface area contributed by atoms with Gasteiger partial charge in [0.25, 0.3) is 5.91 Å². The van der Waals surface area contributed by atoms with Crippen molar-refractivity contribution in [3.05, 3.63) is 46.2 Å². The summed E-state index contributed by atoms with van der Waals surface area (Å²) in [7, 11) is 0. The summed E-state index contributed by atoms with van der Waals surface area (Å²) in [6, 6.07) is 6.02. The Kier molecular flexibility index (Phi) is 6.12. The topological polar surface area (TPSA) is 51.2 Å². The second kappa shape index (κ2) is 7.92. The molecule has 1 aromatic heterocycles. The largest absolute Gasteiger partial charge is 0.411 e. The van der Waals surface area contributed by atoms with Crippen LogP contribution >= 0.6 is 11.3 Å². The van der Waals surface area contributed by atoms with Crippen LogP contribution in [0.1, 0.15) is 23.1 Å². The van der Waals surface area contributed by atoms with E-state index in [2.05, 4.69) is 15.0 Å². The standard InChI is InChI=1S/C16H16F4N2O2S/c1-9-13(7-11-3-5-12(17)6-4-11)25-15(21-9)22-14(23)10(2)24-8-16(18,19)20/h3-6,10H,7-8H2,1-2H3,(H,21,22,23)/t10-/m1/s1. The molecule has 4 nitrogen and oxygen atoms in total. The monoisotopic (exact) mass is 376 g/mol. The van der Waals surface area contributed by atoms with E-state index in [1.807, 2.05) is 0 Å². The van der Waals surface area contributed by atoms with Crippen molar-refractivity contribution < 1.29 is 27.1 Å². The fraction of sp³-hybridized carbons (Fsp3) is 0.375. The van der Waals surface area contributed by atoms with Gasteiger partial charge in [-0.3, -0.25) is 10.1 Å². The summed E-state index contributed by atoms with van der Waals surface area (Å²) in [6.07, 6.45) is -5.24. The van der Waals surface area contributed by atoms with E-state index in [1.165, 1.54) is 30.4 Å². The van der Waals surface area contributed by atoms with Crippen LogP contribution in [0.2, 0.25) is 0 Å². The third-order valence-electron chi connectivity index (χ3n) is 3.27. The Labute approximate surface area is 145 Å². The van der Waals surface area contributed by atoms with E-state index in [0.29, 0.717) is 12.1 Å². The van der Waals surface area contributed by atoms with Crippen molar-refractivity contribution >= 4 is 22.4 Å². The van der Waals surface area contributed by atoms with Gasteiger partial charge in [-0.05, 0) is 31.5 Å². The van der Waals surface area contributed by atoms with Gasteiger partial charge in [0.2, 0.25) is 0 Å². The van der Waals surface area contributed by atoms with Gasteiger partial charge in [0, 0.05) is 11.3 Å². The zero-order valence-electron chi connectivity index (χ0n) is 13.5. The molecule has 2 aromatic rings. The van der Waals surface area contributed by atoms with E-state index < -0.39 is 24.8 Å². The van der Waals surface area contributed by atoms with Crippen molar-refractivity contribution in [2.24, 2.45) is 0 Å². The number of ether oxygens (including phenoxy) is 1. The molecule has 136 valence electrons. The normalized spacial score (nSPS) is 12.9. The number of thiazole rings is 1. The lowest BCUT2D eigenvalue weighted by Gasteiger charge is -2.13. The van der Waals surface area contributed by atoms with Crippen molar-refractivity contribution in [3.63, 3.8) is 0 Å². The highest BCUT2D eigenvalue weighted by Crippen LogP contribution is 2.25. The average molecular weight is 376 g/mol. The summed E-state index contributed by atoms with van der Waals surface area (Å²) in [5.74, 6) is -1.03. The molecule has 1 amide bonds. The minimum absolute atomic E-state index is 0.280. The summed E-state index contributed by atoms with van der Waals surface area (Å²) < 4.78 is 53.7. The van der Waals surface area contributed by atoms with E-state index in [9.17, 15) is 22.4 Å². The van der Waals surface area contributed by atoms with E-state index >= 15 is 0 Å². The Morgan fingerprint density at radius 2 is 1.96 bits per heavy atom. The molecule has 0 aliphatic rings. The van der Waals surface area contributed by atoms with Crippen LogP contribution in [0.3, 0.4) is 0 Å². The highest BCUT2D eigenvalue weighted by atomic mass is 32.1. The molecule has 1 N–H and O–H groups in total. The number of hydrogen-bond acceptors (Lipinski definition) is 4. The predicted molar refractivity (Wildman–Crippen MR) is 86.2 cm³/mol. The van der Waals surface area contributed by atoms with Crippen molar-refractivity contribution in [1.29, 1.82) is 0 Å². The van der Waals surface area contributed by atoms with Crippen molar-refractivity contribution in [2.45, 2.75) is 32.5 Å². The van der Waals surface area contributed by atoms with Crippen LogP contribution in [-0.4, -0.2) is 29.8 Å². The van der Waals surface area contributed by atoms with Gasteiger partial charge >= 0.3 is 6.18 Å². The van der Waals surface area contributed by atoms with Gasteiger partial charge in [-0.15, -0.1) is 11.3 Å². The minimum atomic E-state index is -4.49. The van der Waals surface area contributed by atoms with Crippen molar-refractivity contribution in [3.8, 4) is 0 Å². The van der Waals surface area contributed by atoms with E-state index in [1.54, 1.807) is 19.1 Å². The summed E-state index contributed by atoms with van der Waals surface area (Å²) in [5.41, 5.74) is 1.57. The van der Waals surface area contributed by atoms with Crippen LogP contribution in [0.15, 0.2) is 24.3 Å². The van der Waals surface area contributed by atoms with Crippen molar-refractivity contribution in [1.82, 2.24) is 4.98 Å². The summed E-state index contributed by atoms with van der Waals surface area (Å²) in [4.78, 5) is 16.9. The highest BCUT2D eigenvalue weighted by Gasteiger charge is 2.30. The van der Waals surface area contributed by atoms with Crippen LogP contribution in [0, 0.1) is 12.7 Å². The molecule has 0 fully saturated rings. The van der Waals surface area contributed by atoms with Crippen LogP contribution in [0.25, 0.3) is 0 Å². The lowest BCUT2D eigenvalue weighted by atomic mass is 10.1. The zero-order valence-corrected chi connectivity index (χ0v) is 14.3. The number of benzene rings is 1. The lowest BCUT2D eigenvalue weighted by Crippen LogP contribution is -2.31. The van der Waals surface area contributed by atoms with Gasteiger partial charge in [-0.2, -0.15) is 13.2 Å². The maximum atomic E-state index is 12.9.